The van der Waals surface area contributed by atoms with Crippen molar-refractivity contribution in [3.63, 3.8) is 0 Å². The molecule has 5 heteroatoms. The van der Waals surface area contributed by atoms with Crippen LogP contribution in [0.5, 0.6) is 5.75 Å². The fourth-order valence-electron chi connectivity index (χ4n) is 1.37. The van der Waals surface area contributed by atoms with Crippen molar-refractivity contribution in [3.05, 3.63) is 27.5 Å². The number of methoxy groups -OCH3 is 1. The largest absolute Gasteiger partial charge is 0.496 e. The molecule has 0 aliphatic heterocycles. The van der Waals surface area contributed by atoms with Crippen molar-refractivity contribution >= 4 is 15.9 Å². The highest BCUT2D eigenvalue weighted by Gasteiger charge is 2.14. The second-order valence-electron chi connectivity index (χ2n) is 3.01. The summed E-state index contributed by atoms with van der Waals surface area (Å²) < 4.78 is 19.1. The molecule has 0 saturated heterocycles. The molecular formula is C10H13BrFNO2. The van der Waals surface area contributed by atoms with E-state index in [4.69, 9.17) is 9.57 Å². The van der Waals surface area contributed by atoms with E-state index in [1.165, 1.54) is 14.2 Å². The standard InChI is InChI=1S/C10H13BrFNO2/c1-6-9(12)8(11)4-7(5-13-15-3)10(6)14-2/h4,13H,5H2,1-3H3. The van der Waals surface area contributed by atoms with Gasteiger partial charge in [0.2, 0.25) is 0 Å². The third kappa shape index (κ3) is 2.68. The summed E-state index contributed by atoms with van der Waals surface area (Å²) in [6, 6.07) is 1.67. The number of hydrogen-bond donors (Lipinski definition) is 1. The summed E-state index contributed by atoms with van der Waals surface area (Å²) in [6.07, 6.45) is 0. The van der Waals surface area contributed by atoms with Gasteiger partial charge in [-0.15, -0.1) is 0 Å². The Balaban J connectivity index is 3.13. The normalized spacial score (nSPS) is 10.5. The number of nitrogens with one attached hydrogen (secondary N) is 1. The number of rotatable bonds is 4. The fourth-order valence-corrected chi connectivity index (χ4v) is 1.94. The van der Waals surface area contributed by atoms with E-state index < -0.39 is 0 Å². The maximum atomic E-state index is 13.5. The van der Waals surface area contributed by atoms with Gasteiger partial charge in [0.05, 0.1) is 18.7 Å². The zero-order chi connectivity index (χ0) is 11.4. The van der Waals surface area contributed by atoms with Crippen molar-refractivity contribution in [2.45, 2.75) is 13.5 Å². The van der Waals surface area contributed by atoms with Crippen molar-refractivity contribution in [3.8, 4) is 5.75 Å². The zero-order valence-electron chi connectivity index (χ0n) is 8.86. The van der Waals surface area contributed by atoms with Crippen LogP contribution in [0.25, 0.3) is 0 Å². The van der Waals surface area contributed by atoms with E-state index in [1.54, 1.807) is 13.0 Å². The lowest BCUT2D eigenvalue weighted by Crippen LogP contribution is -2.12. The number of ether oxygens (including phenoxy) is 1. The zero-order valence-corrected chi connectivity index (χ0v) is 10.4. The molecular weight excluding hydrogens is 265 g/mol. The molecule has 0 atom stereocenters. The van der Waals surface area contributed by atoms with Crippen LogP contribution in [0.2, 0.25) is 0 Å². The van der Waals surface area contributed by atoms with Gasteiger partial charge in [0.25, 0.3) is 0 Å². The molecule has 0 unspecified atom stereocenters. The van der Waals surface area contributed by atoms with Gasteiger partial charge in [-0.25, -0.2) is 4.39 Å². The summed E-state index contributed by atoms with van der Waals surface area (Å²) in [7, 11) is 3.05. The van der Waals surface area contributed by atoms with E-state index in [9.17, 15) is 4.39 Å². The second-order valence-corrected chi connectivity index (χ2v) is 3.87. The van der Waals surface area contributed by atoms with Gasteiger partial charge in [0, 0.05) is 17.7 Å². The molecule has 0 aliphatic rings. The molecule has 3 nitrogen and oxygen atoms in total. The van der Waals surface area contributed by atoms with Crippen LogP contribution in [0.15, 0.2) is 10.5 Å². The maximum Gasteiger partial charge on any atom is 0.143 e. The molecule has 0 amide bonds. The molecule has 0 heterocycles. The minimum atomic E-state index is -0.298. The van der Waals surface area contributed by atoms with E-state index in [0.717, 1.165) is 5.56 Å². The molecule has 84 valence electrons. The van der Waals surface area contributed by atoms with Crippen molar-refractivity contribution in [1.29, 1.82) is 0 Å². The molecule has 0 aliphatic carbocycles. The minimum absolute atomic E-state index is 0.298. The monoisotopic (exact) mass is 277 g/mol. The highest BCUT2D eigenvalue weighted by atomic mass is 79.9. The summed E-state index contributed by atoms with van der Waals surface area (Å²) in [6.45, 7) is 2.13. The number of benzene rings is 1. The molecule has 15 heavy (non-hydrogen) atoms. The van der Waals surface area contributed by atoms with Gasteiger partial charge in [-0.2, -0.15) is 5.48 Å². The molecule has 0 fully saturated rings. The molecule has 1 N–H and O–H groups in total. The van der Waals surface area contributed by atoms with Crippen LogP contribution >= 0.6 is 15.9 Å². The minimum Gasteiger partial charge on any atom is -0.496 e. The first kappa shape index (κ1) is 12.4. The molecule has 0 spiro atoms. The van der Waals surface area contributed by atoms with E-state index >= 15 is 0 Å². The van der Waals surface area contributed by atoms with Gasteiger partial charge >= 0.3 is 0 Å². The average Bonchev–Trinajstić information content (AvgIpc) is 2.23. The third-order valence-electron chi connectivity index (χ3n) is 2.08. The predicted octanol–water partition coefficient (Wildman–Crippen LogP) is 2.56. The lowest BCUT2D eigenvalue weighted by Gasteiger charge is -2.13. The quantitative estimate of drug-likeness (QED) is 0.859. The lowest BCUT2D eigenvalue weighted by atomic mass is 10.1. The lowest BCUT2D eigenvalue weighted by molar-refractivity contribution is 0.0860. The van der Waals surface area contributed by atoms with E-state index in [1.807, 2.05) is 0 Å². The fraction of sp³-hybridized carbons (Fsp3) is 0.400. The van der Waals surface area contributed by atoms with Gasteiger partial charge in [0.15, 0.2) is 0 Å². The first-order valence-electron chi connectivity index (χ1n) is 4.39. The summed E-state index contributed by atoms with van der Waals surface area (Å²) in [5.74, 6) is 0.244. The van der Waals surface area contributed by atoms with E-state index in [-0.39, 0.29) is 5.82 Å². The number of hydroxylamine groups is 1. The smallest absolute Gasteiger partial charge is 0.143 e. The van der Waals surface area contributed by atoms with Crippen molar-refractivity contribution in [2.24, 2.45) is 0 Å². The summed E-state index contributed by atoms with van der Waals surface area (Å²) in [5, 5.41) is 0. The van der Waals surface area contributed by atoms with Gasteiger partial charge < -0.3 is 9.57 Å². The molecule has 0 radical (unpaired) electrons. The Labute approximate surface area is 96.7 Å². The van der Waals surface area contributed by atoms with Crippen LogP contribution in [0.1, 0.15) is 11.1 Å². The first-order chi connectivity index (χ1) is 7.11. The Morgan fingerprint density at radius 2 is 2.13 bits per heavy atom. The summed E-state index contributed by atoms with van der Waals surface area (Å²) >= 11 is 3.15. The van der Waals surface area contributed by atoms with Crippen molar-refractivity contribution in [1.82, 2.24) is 5.48 Å². The molecule has 0 bridgehead atoms. The van der Waals surface area contributed by atoms with Crippen molar-refractivity contribution < 1.29 is 14.0 Å². The Morgan fingerprint density at radius 3 is 2.67 bits per heavy atom. The van der Waals surface area contributed by atoms with Crippen LogP contribution in [0.4, 0.5) is 4.39 Å². The Bertz CT molecular complexity index is 358. The molecule has 1 rings (SSSR count). The van der Waals surface area contributed by atoms with Gasteiger partial charge in [-0.1, -0.05) is 0 Å². The summed E-state index contributed by atoms with van der Waals surface area (Å²) in [4.78, 5) is 4.74. The third-order valence-corrected chi connectivity index (χ3v) is 2.66. The van der Waals surface area contributed by atoms with Gasteiger partial charge in [0.1, 0.15) is 11.6 Å². The Kier molecular flexibility index (Phi) is 4.50. The van der Waals surface area contributed by atoms with Crippen LogP contribution in [0.3, 0.4) is 0 Å². The molecule has 0 saturated carbocycles. The molecule has 1 aromatic rings. The SMILES string of the molecule is CONCc1cc(Br)c(F)c(C)c1OC. The number of hydrogen-bond acceptors (Lipinski definition) is 3. The molecule has 0 aromatic heterocycles. The van der Waals surface area contributed by atoms with Crippen LogP contribution in [0, 0.1) is 12.7 Å². The highest BCUT2D eigenvalue weighted by Crippen LogP contribution is 2.31. The van der Waals surface area contributed by atoms with E-state index in [0.29, 0.717) is 22.3 Å². The topological polar surface area (TPSA) is 30.5 Å². The first-order valence-corrected chi connectivity index (χ1v) is 5.18. The van der Waals surface area contributed by atoms with E-state index in [2.05, 4.69) is 21.4 Å². The van der Waals surface area contributed by atoms with Crippen LogP contribution in [-0.2, 0) is 11.4 Å². The predicted molar refractivity (Wildman–Crippen MR) is 59.2 cm³/mol. The van der Waals surface area contributed by atoms with Crippen LogP contribution < -0.4 is 10.2 Å². The Hall–Kier alpha value is -0.650. The highest BCUT2D eigenvalue weighted by molar-refractivity contribution is 9.10. The second kappa shape index (κ2) is 5.44. The average molecular weight is 278 g/mol. The van der Waals surface area contributed by atoms with Gasteiger partial charge in [-0.3, -0.25) is 0 Å². The maximum absolute atomic E-state index is 13.5. The van der Waals surface area contributed by atoms with Gasteiger partial charge in [-0.05, 0) is 28.9 Å². The molecule has 1 aromatic carbocycles. The van der Waals surface area contributed by atoms with Crippen molar-refractivity contribution in [2.75, 3.05) is 14.2 Å². The number of halogens is 2. The summed E-state index contributed by atoms with van der Waals surface area (Å²) in [5.41, 5.74) is 4.01. The van der Waals surface area contributed by atoms with Crippen LogP contribution in [-0.4, -0.2) is 14.2 Å². The Morgan fingerprint density at radius 1 is 1.47 bits per heavy atom.